The zero-order valence-corrected chi connectivity index (χ0v) is 15.4. The van der Waals surface area contributed by atoms with E-state index in [0.717, 1.165) is 25.9 Å². The fraction of sp³-hybridized carbons (Fsp3) is 0.588. The molecular formula is C17H22ClF4N3O2. The number of amides is 2. The van der Waals surface area contributed by atoms with Crippen LogP contribution < -0.4 is 10.6 Å². The van der Waals surface area contributed by atoms with Gasteiger partial charge in [-0.1, -0.05) is 17.7 Å². The number of nitrogens with one attached hydrogen (secondary N) is 2. The van der Waals surface area contributed by atoms with Crippen LogP contribution in [0.5, 0.6) is 0 Å². The topological polar surface area (TPSA) is 53.6 Å². The molecule has 0 spiro atoms. The highest BCUT2D eigenvalue weighted by Gasteiger charge is 2.28. The summed E-state index contributed by atoms with van der Waals surface area (Å²) in [5.74, 6) is -0.442. The van der Waals surface area contributed by atoms with E-state index in [1.807, 2.05) is 0 Å². The van der Waals surface area contributed by atoms with Crippen molar-refractivity contribution in [3.8, 4) is 0 Å². The van der Waals surface area contributed by atoms with Gasteiger partial charge in [0.25, 0.3) is 0 Å². The average Bonchev–Trinajstić information content (AvgIpc) is 3.10. The van der Waals surface area contributed by atoms with Crippen LogP contribution in [0.15, 0.2) is 18.2 Å². The smallest absolute Gasteiger partial charge is 0.370 e. The monoisotopic (exact) mass is 411 g/mol. The summed E-state index contributed by atoms with van der Waals surface area (Å²) in [6.45, 7) is -0.0405. The van der Waals surface area contributed by atoms with Gasteiger partial charge in [-0.15, -0.1) is 0 Å². The molecule has 1 aromatic rings. The SMILES string of the molecule is O=C(NCCOCC(F)(F)F)NCC(c1c(F)cccc1Cl)N1CCCC1. The first-order chi connectivity index (χ1) is 12.8. The van der Waals surface area contributed by atoms with E-state index in [-0.39, 0.29) is 24.7 Å². The van der Waals surface area contributed by atoms with Gasteiger partial charge in [0.1, 0.15) is 12.4 Å². The predicted octanol–water partition coefficient (Wildman–Crippen LogP) is 3.49. The van der Waals surface area contributed by atoms with Crippen molar-refractivity contribution in [2.45, 2.75) is 25.1 Å². The molecule has 2 N–H and O–H groups in total. The summed E-state index contributed by atoms with van der Waals surface area (Å²) in [4.78, 5) is 13.9. The molecule has 0 aromatic heterocycles. The van der Waals surface area contributed by atoms with Gasteiger partial charge in [0.15, 0.2) is 0 Å². The van der Waals surface area contributed by atoms with Gasteiger partial charge in [0, 0.05) is 23.7 Å². The first-order valence-corrected chi connectivity index (χ1v) is 9.00. The highest BCUT2D eigenvalue weighted by atomic mass is 35.5. The summed E-state index contributed by atoms with van der Waals surface area (Å²) in [5, 5.41) is 5.32. The quantitative estimate of drug-likeness (QED) is 0.508. The standard InChI is InChI=1S/C17H22ClF4N3O2/c18-12-4-3-5-13(19)15(12)14(25-7-1-2-8-25)10-24-16(26)23-6-9-27-11-17(20,21)22/h3-5,14H,1-2,6-11H2,(H2,23,24,26). The van der Waals surface area contributed by atoms with Gasteiger partial charge in [-0.05, 0) is 38.1 Å². The number of rotatable bonds is 8. The van der Waals surface area contributed by atoms with E-state index < -0.39 is 30.7 Å². The number of nitrogens with zero attached hydrogens (tertiary/aromatic N) is 1. The van der Waals surface area contributed by atoms with E-state index in [1.165, 1.54) is 12.1 Å². The molecular weight excluding hydrogens is 390 g/mol. The number of carbonyl (C=O) groups is 1. The molecule has 27 heavy (non-hydrogen) atoms. The Balaban J connectivity index is 1.86. The summed E-state index contributed by atoms with van der Waals surface area (Å²) in [6, 6.07) is 3.45. The molecule has 1 aromatic carbocycles. The Hall–Kier alpha value is -1.58. The predicted molar refractivity (Wildman–Crippen MR) is 93.2 cm³/mol. The second-order valence-corrected chi connectivity index (χ2v) is 6.61. The first-order valence-electron chi connectivity index (χ1n) is 8.62. The Morgan fingerprint density at radius 1 is 1.26 bits per heavy atom. The van der Waals surface area contributed by atoms with E-state index in [4.69, 9.17) is 11.6 Å². The number of urea groups is 1. The lowest BCUT2D eigenvalue weighted by Crippen LogP contribution is -2.42. The Morgan fingerprint density at radius 2 is 1.96 bits per heavy atom. The molecule has 0 radical (unpaired) electrons. The van der Waals surface area contributed by atoms with Crippen LogP contribution in [-0.4, -0.2) is 56.5 Å². The number of hydrogen-bond acceptors (Lipinski definition) is 3. The lowest BCUT2D eigenvalue weighted by atomic mass is 10.0. The summed E-state index contributed by atoms with van der Waals surface area (Å²) >= 11 is 6.17. The highest BCUT2D eigenvalue weighted by molar-refractivity contribution is 6.31. The molecule has 1 fully saturated rings. The van der Waals surface area contributed by atoms with Crippen LogP contribution in [0.1, 0.15) is 24.4 Å². The molecule has 1 heterocycles. The van der Waals surface area contributed by atoms with Gasteiger partial charge in [0.2, 0.25) is 0 Å². The molecule has 1 unspecified atom stereocenters. The molecule has 1 aliphatic heterocycles. The number of benzene rings is 1. The van der Waals surface area contributed by atoms with E-state index in [0.29, 0.717) is 5.56 Å². The van der Waals surface area contributed by atoms with Crippen molar-refractivity contribution in [3.05, 3.63) is 34.6 Å². The van der Waals surface area contributed by atoms with E-state index >= 15 is 0 Å². The fourth-order valence-electron chi connectivity index (χ4n) is 2.97. The molecule has 1 aliphatic rings. The van der Waals surface area contributed by atoms with Gasteiger partial charge in [-0.25, -0.2) is 9.18 Å². The van der Waals surface area contributed by atoms with Gasteiger partial charge in [-0.3, -0.25) is 4.90 Å². The van der Waals surface area contributed by atoms with Gasteiger partial charge >= 0.3 is 12.2 Å². The summed E-state index contributed by atoms with van der Waals surface area (Å²) in [5.41, 5.74) is 0.329. The third kappa shape index (κ3) is 7.15. The van der Waals surface area contributed by atoms with E-state index in [9.17, 15) is 22.4 Å². The lowest BCUT2D eigenvalue weighted by Gasteiger charge is -2.29. The molecule has 0 aliphatic carbocycles. The molecule has 2 amide bonds. The summed E-state index contributed by atoms with van der Waals surface area (Å²) < 4.78 is 54.6. The molecule has 10 heteroatoms. The maximum absolute atomic E-state index is 14.3. The van der Waals surface area contributed by atoms with Crippen LogP contribution in [0.4, 0.5) is 22.4 Å². The van der Waals surface area contributed by atoms with Gasteiger partial charge < -0.3 is 15.4 Å². The van der Waals surface area contributed by atoms with Gasteiger partial charge in [0.05, 0.1) is 12.6 Å². The Bertz CT molecular complexity index is 604. The number of halogens is 5. The molecule has 2 rings (SSSR count). The molecule has 0 saturated carbocycles. The highest BCUT2D eigenvalue weighted by Crippen LogP contribution is 2.31. The van der Waals surface area contributed by atoms with Crippen molar-refractivity contribution in [1.82, 2.24) is 15.5 Å². The van der Waals surface area contributed by atoms with Crippen LogP contribution in [0.2, 0.25) is 5.02 Å². The minimum absolute atomic E-state index is 0.0727. The van der Waals surface area contributed by atoms with Crippen LogP contribution in [0, 0.1) is 5.82 Å². The van der Waals surface area contributed by atoms with Crippen molar-refractivity contribution in [2.24, 2.45) is 0 Å². The van der Waals surface area contributed by atoms with Crippen molar-refractivity contribution < 1.29 is 27.1 Å². The fourth-order valence-corrected chi connectivity index (χ4v) is 3.26. The van der Waals surface area contributed by atoms with Gasteiger partial charge in [-0.2, -0.15) is 13.2 Å². The molecule has 152 valence electrons. The zero-order valence-electron chi connectivity index (χ0n) is 14.6. The molecule has 1 atom stereocenters. The van der Waals surface area contributed by atoms with E-state index in [1.54, 1.807) is 6.07 Å². The largest absolute Gasteiger partial charge is 0.411 e. The summed E-state index contributed by atoms with van der Waals surface area (Å²) in [6.07, 6.45) is -2.44. The average molecular weight is 412 g/mol. The lowest BCUT2D eigenvalue weighted by molar-refractivity contribution is -0.173. The van der Waals surface area contributed by atoms with Crippen molar-refractivity contribution >= 4 is 17.6 Å². The minimum Gasteiger partial charge on any atom is -0.370 e. The third-order valence-corrected chi connectivity index (χ3v) is 4.50. The van der Waals surface area contributed by atoms with Crippen molar-refractivity contribution in [3.63, 3.8) is 0 Å². The second-order valence-electron chi connectivity index (χ2n) is 6.20. The first kappa shape index (κ1) is 21.7. The molecule has 1 saturated heterocycles. The molecule has 5 nitrogen and oxygen atoms in total. The van der Waals surface area contributed by atoms with Crippen LogP contribution >= 0.6 is 11.6 Å². The maximum Gasteiger partial charge on any atom is 0.411 e. The Morgan fingerprint density at radius 3 is 2.59 bits per heavy atom. The number of hydrogen-bond donors (Lipinski definition) is 2. The van der Waals surface area contributed by atoms with E-state index in [2.05, 4.69) is 20.3 Å². The maximum atomic E-state index is 14.3. The number of likely N-dealkylation sites (tertiary alicyclic amines) is 1. The second kappa shape index (κ2) is 10.1. The summed E-state index contributed by atoms with van der Waals surface area (Å²) in [7, 11) is 0. The number of carbonyl (C=O) groups excluding carboxylic acids is 1. The minimum atomic E-state index is -4.40. The van der Waals surface area contributed by atoms with Crippen LogP contribution in [0.3, 0.4) is 0 Å². The zero-order chi connectivity index (χ0) is 19.9. The third-order valence-electron chi connectivity index (χ3n) is 4.17. The molecule has 0 bridgehead atoms. The van der Waals surface area contributed by atoms with Crippen molar-refractivity contribution in [2.75, 3.05) is 39.4 Å². The normalized spacial score (nSPS) is 16.3. The van der Waals surface area contributed by atoms with Crippen molar-refractivity contribution in [1.29, 1.82) is 0 Å². The van der Waals surface area contributed by atoms with Crippen LogP contribution in [-0.2, 0) is 4.74 Å². The van der Waals surface area contributed by atoms with Crippen LogP contribution in [0.25, 0.3) is 0 Å². The Labute approximate surface area is 160 Å². The Kier molecular flexibility index (Phi) is 8.12. The number of ether oxygens (including phenoxy) is 1. The number of alkyl halides is 3.